The van der Waals surface area contributed by atoms with Crippen LogP contribution in [0, 0.1) is 0 Å². The molecule has 0 aliphatic heterocycles. The first-order chi connectivity index (χ1) is 13.0. The van der Waals surface area contributed by atoms with Gasteiger partial charge < -0.3 is 0 Å². The number of aromatic nitrogens is 4. The van der Waals surface area contributed by atoms with E-state index in [4.69, 9.17) is 0 Å². The predicted molar refractivity (Wildman–Crippen MR) is 105 cm³/mol. The molecule has 0 saturated heterocycles. The standard InChI is InChI=1S/C16H16BrN5O3S2/c17-13-5-6-14(26-13)27(24,25)19-8-9-21-16(23)22(12-3-4-12)15(20-21)11-2-1-7-18-10-11/h1-2,5-7,10,12,19H,3-4,8-9H2. The van der Waals surface area contributed by atoms with E-state index < -0.39 is 10.0 Å². The number of hydrogen-bond donors (Lipinski definition) is 1. The Kier molecular flexibility index (Phi) is 5.01. The monoisotopic (exact) mass is 469 g/mol. The predicted octanol–water partition coefficient (Wildman–Crippen LogP) is 2.24. The molecule has 142 valence electrons. The van der Waals surface area contributed by atoms with Gasteiger partial charge in [-0.05, 0) is 53.0 Å². The first-order valence-corrected chi connectivity index (χ1v) is 11.4. The van der Waals surface area contributed by atoms with Crippen molar-refractivity contribution in [2.75, 3.05) is 6.54 Å². The second-order valence-electron chi connectivity index (χ2n) is 6.13. The minimum Gasteiger partial charge on any atom is -0.272 e. The van der Waals surface area contributed by atoms with Crippen LogP contribution >= 0.6 is 27.3 Å². The van der Waals surface area contributed by atoms with Crippen molar-refractivity contribution in [2.24, 2.45) is 0 Å². The highest BCUT2D eigenvalue weighted by molar-refractivity contribution is 9.11. The lowest BCUT2D eigenvalue weighted by Crippen LogP contribution is -2.31. The van der Waals surface area contributed by atoms with Gasteiger partial charge >= 0.3 is 5.69 Å². The molecule has 1 aliphatic carbocycles. The minimum absolute atomic E-state index is 0.0753. The Morgan fingerprint density at radius 2 is 2.11 bits per heavy atom. The zero-order chi connectivity index (χ0) is 19.0. The van der Waals surface area contributed by atoms with Gasteiger partial charge in [0.15, 0.2) is 5.82 Å². The molecule has 0 amide bonds. The van der Waals surface area contributed by atoms with Crippen molar-refractivity contribution in [2.45, 2.75) is 29.6 Å². The van der Waals surface area contributed by atoms with E-state index in [0.29, 0.717) is 5.82 Å². The van der Waals surface area contributed by atoms with Crippen LogP contribution in [0.1, 0.15) is 18.9 Å². The number of thiophene rings is 1. The zero-order valence-electron chi connectivity index (χ0n) is 14.1. The van der Waals surface area contributed by atoms with Crippen LogP contribution in [0.3, 0.4) is 0 Å². The molecular weight excluding hydrogens is 454 g/mol. The van der Waals surface area contributed by atoms with Crippen LogP contribution < -0.4 is 10.4 Å². The van der Waals surface area contributed by atoms with Crippen LogP contribution in [0.25, 0.3) is 11.4 Å². The van der Waals surface area contributed by atoms with Gasteiger partial charge in [0.05, 0.1) is 10.3 Å². The molecule has 8 nitrogen and oxygen atoms in total. The van der Waals surface area contributed by atoms with Gasteiger partial charge in [0, 0.05) is 30.5 Å². The Bertz CT molecular complexity index is 1120. The Labute approximate surface area is 168 Å². The molecule has 27 heavy (non-hydrogen) atoms. The lowest BCUT2D eigenvalue weighted by Gasteiger charge is -2.04. The summed E-state index contributed by atoms with van der Waals surface area (Å²) >= 11 is 4.39. The fraction of sp³-hybridized carbons (Fsp3) is 0.312. The summed E-state index contributed by atoms with van der Waals surface area (Å²) in [4.78, 5) is 16.8. The van der Waals surface area contributed by atoms with Crippen molar-refractivity contribution < 1.29 is 8.42 Å². The van der Waals surface area contributed by atoms with Crippen molar-refractivity contribution in [1.82, 2.24) is 24.1 Å². The lowest BCUT2D eigenvalue weighted by molar-refractivity contribution is 0.548. The van der Waals surface area contributed by atoms with Gasteiger partial charge in [-0.1, -0.05) is 0 Å². The fourth-order valence-corrected chi connectivity index (χ4v) is 5.79. The molecule has 0 aromatic carbocycles. The Morgan fingerprint density at radius 3 is 2.74 bits per heavy atom. The van der Waals surface area contributed by atoms with Gasteiger partial charge in [-0.15, -0.1) is 16.4 Å². The smallest absolute Gasteiger partial charge is 0.272 e. The van der Waals surface area contributed by atoms with E-state index in [1.807, 2.05) is 6.07 Å². The SMILES string of the molecule is O=c1n(CCNS(=O)(=O)c2ccc(Br)s2)nc(-c2cccnc2)n1C1CC1. The van der Waals surface area contributed by atoms with Crippen molar-refractivity contribution in [3.63, 3.8) is 0 Å². The molecule has 0 radical (unpaired) electrons. The molecule has 1 saturated carbocycles. The van der Waals surface area contributed by atoms with E-state index in [-0.39, 0.29) is 29.0 Å². The molecule has 0 spiro atoms. The number of rotatable bonds is 7. The topological polar surface area (TPSA) is 98.9 Å². The Balaban J connectivity index is 1.54. The van der Waals surface area contributed by atoms with E-state index in [1.165, 1.54) is 10.7 Å². The molecule has 0 unspecified atom stereocenters. The van der Waals surface area contributed by atoms with Crippen LogP contribution in [-0.2, 0) is 16.6 Å². The van der Waals surface area contributed by atoms with Crippen LogP contribution in [0.15, 0.2) is 49.4 Å². The molecule has 3 aromatic rings. The maximum absolute atomic E-state index is 12.7. The molecule has 3 heterocycles. The third-order valence-corrected chi connectivity index (χ3v) is 7.71. The molecule has 1 fully saturated rings. The number of halogens is 1. The summed E-state index contributed by atoms with van der Waals surface area (Å²) in [6.45, 7) is 0.226. The van der Waals surface area contributed by atoms with Gasteiger partial charge in [-0.3, -0.25) is 9.55 Å². The van der Waals surface area contributed by atoms with E-state index in [2.05, 4.69) is 30.7 Å². The minimum atomic E-state index is -3.60. The second kappa shape index (κ2) is 7.30. The van der Waals surface area contributed by atoms with Crippen molar-refractivity contribution in [3.8, 4) is 11.4 Å². The van der Waals surface area contributed by atoms with Crippen LogP contribution in [-0.4, -0.2) is 34.3 Å². The van der Waals surface area contributed by atoms with E-state index in [9.17, 15) is 13.2 Å². The Morgan fingerprint density at radius 1 is 1.30 bits per heavy atom. The molecule has 0 bridgehead atoms. The van der Waals surface area contributed by atoms with Crippen LogP contribution in [0.4, 0.5) is 0 Å². The van der Waals surface area contributed by atoms with Gasteiger partial charge in [0.25, 0.3) is 0 Å². The summed E-state index contributed by atoms with van der Waals surface area (Å²) in [6, 6.07) is 7.02. The maximum Gasteiger partial charge on any atom is 0.346 e. The fourth-order valence-electron chi connectivity index (χ4n) is 2.72. The number of hydrogen-bond acceptors (Lipinski definition) is 6. The third-order valence-electron chi connectivity index (χ3n) is 4.13. The third kappa shape index (κ3) is 3.91. The highest BCUT2D eigenvalue weighted by Crippen LogP contribution is 2.36. The molecule has 11 heteroatoms. The normalized spacial score (nSPS) is 14.6. The van der Waals surface area contributed by atoms with Gasteiger partial charge in [0.2, 0.25) is 10.0 Å². The largest absolute Gasteiger partial charge is 0.346 e. The Hall–Kier alpha value is -1.82. The molecular formula is C16H16BrN5O3S2. The van der Waals surface area contributed by atoms with Gasteiger partial charge in [-0.2, -0.15) is 0 Å². The zero-order valence-corrected chi connectivity index (χ0v) is 17.3. The number of sulfonamides is 1. The van der Waals surface area contributed by atoms with E-state index in [0.717, 1.165) is 33.5 Å². The molecule has 1 aliphatic rings. The number of nitrogens with zero attached hydrogens (tertiary/aromatic N) is 4. The molecule has 4 rings (SSSR count). The van der Waals surface area contributed by atoms with Crippen molar-refractivity contribution >= 4 is 37.3 Å². The highest BCUT2D eigenvalue weighted by Gasteiger charge is 2.30. The van der Waals surface area contributed by atoms with Crippen LogP contribution in [0.2, 0.25) is 0 Å². The summed E-state index contributed by atoms with van der Waals surface area (Å²) < 4.78 is 31.1. The molecule has 0 atom stereocenters. The average molecular weight is 470 g/mol. The quantitative estimate of drug-likeness (QED) is 0.571. The van der Waals surface area contributed by atoms with E-state index >= 15 is 0 Å². The molecule has 1 N–H and O–H groups in total. The lowest BCUT2D eigenvalue weighted by atomic mass is 10.3. The summed E-state index contributed by atoms with van der Waals surface area (Å²) in [6.07, 6.45) is 5.22. The van der Waals surface area contributed by atoms with Crippen molar-refractivity contribution in [1.29, 1.82) is 0 Å². The van der Waals surface area contributed by atoms with E-state index in [1.54, 1.807) is 29.1 Å². The summed E-state index contributed by atoms with van der Waals surface area (Å²) in [5.74, 6) is 0.570. The van der Waals surface area contributed by atoms with Gasteiger partial charge in [-0.25, -0.2) is 22.6 Å². The highest BCUT2D eigenvalue weighted by atomic mass is 79.9. The summed E-state index contributed by atoms with van der Waals surface area (Å²) in [5.41, 5.74) is 0.540. The summed E-state index contributed by atoms with van der Waals surface area (Å²) in [7, 11) is -3.60. The second-order valence-corrected chi connectivity index (χ2v) is 10.6. The molecule has 3 aromatic heterocycles. The number of nitrogens with one attached hydrogen (secondary N) is 1. The summed E-state index contributed by atoms with van der Waals surface area (Å²) in [5, 5.41) is 4.43. The maximum atomic E-state index is 12.7. The van der Waals surface area contributed by atoms with Crippen LogP contribution in [0.5, 0.6) is 0 Å². The van der Waals surface area contributed by atoms with Gasteiger partial charge in [0.1, 0.15) is 4.21 Å². The first kappa shape index (κ1) is 18.5. The average Bonchev–Trinajstić information content (AvgIpc) is 3.30. The number of pyridine rings is 1. The van der Waals surface area contributed by atoms with Crippen molar-refractivity contribution in [3.05, 3.63) is 50.9 Å². The first-order valence-electron chi connectivity index (χ1n) is 8.30.